The molecule has 0 amide bonds. The number of nitrogens with one attached hydrogen (secondary N) is 2. The summed E-state index contributed by atoms with van der Waals surface area (Å²) in [5, 5.41) is 3.36. The van der Waals surface area contributed by atoms with Gasteiger partial charge in [0.25, 0.3) is 0 Å². The van der Waals surface area contributed by atoms with Crippen molar-refractivity contribution in [3.05, 3.63) is 53.9 Å². The van der Waals surface area contributed by atoms with Crippen molar-refractivity contribution >= 4 is 21.4 Å². The molecule has 0 radical (unpaired) electrons. The lowest BCUT2D eigenvalue weighted by atomic mass is 10.1. The number of aryl methyl sites for hydroxylation is 1. The molecule has 2 rings (SSSR count). The Morgan fingerprint density at radius 1 is 1.09 bits per heavy atom. The largest absolute Gasteiger partial charge is 0.377 e. The van der Waals surface area contributed by atoms with Crippen molar-refractivity contribution in [1.82, 2.24) is 4.98 Å². The Balaban J connectivity index is 2.04. The highest BCUT2D eigenvalue weighted by molar-refractivity contribution is 7.92. The molecule has 0 fully saturated rings. The molecule has 6 heteroatoms. The minimum absolute atomic E-state index is 0.0626. The van der Waals surface area contributed by atoms with Gasteiger partial charge in [-0.15, -0.1) is 0 Å². The van der Waals surface area contributed by atoms with E-state index in [2.05, 4.69) is 15.0 Å². The molecule has 0 aliphatic heterocycles. The van der Waals surface area contributed by atoms with Gasteiger partial charge < -0.3 is 5.32 Å². The molecule has 118 valence electrons. The van der Waals surface area contributed by atoms with Crippen LogP contribution in [0.5, 0.6) is 0 Å². The maximum Gasteiger partial charge on any atom is 0.232 e. The molecule has 1 heterocycles. The summed E-state index contributed by atoms with van der Waals surface area (Å²) in [7, 11) is -3.23. The van der Waals surface area contributed by atoms with Crippen LogP contribution in [0.4, 0.5) is 11.4 Å². The Hall–Kier alpha value is -2.08. The van der Waals surface area contributed by atoms with E-state index in [-0.39, 0.29) is 11.8 Å². The first kappa shape index (κ1) is 16.3. The van der Waals surface area contributed by atoms with Crippen molar-refractivity contribution in [2.45, 2.75) is 26.8 Å². The molecule has 2 aromatic rings. The van der Waals surface area contributed by atoms with Crippen LogP contribution in [0.2, 0.25) is 0 Å². The molecule has 0 saturated heterocycles. The summed E-state index contributed by atoms with van der Waals surface area (Å²) in [6, 6.07) is 11.4. The van der Waals surface area contributed by atoms with E-state index in [1.165, 1.54) is 0 Å². The highest BCUT2D eigenvalue weighted by atomic mass is 32.2. The number of sulfonamides is 1. The molecule has 0 spiro atoms. The van der Waals surface area contributed by atoms with Gasteiger partial charge in [0, 0.05) is 17.4 Å². The molecule has 0 aliphatic carbocycles. The van der Waals surface area contributed by atoms with Crippen LogP contribution in [0, 0.1) is 6.92 Å². The highest BCUT2D eigenvalue weighted by Crippen LogP contribution is 2.21. The van der Waals surface area contributed by atoms with Crippen LogP contribution in [0.3, 0.4) is 0 Å². The van der Waals surface area contributed by atoms with Gasteiger partial charge >= 0.3 is 0 Å². The summed E-state index contributed by atoms with van der Waals surface area (Å²) < 4.78 is 25.6. The third-order valence-corrected chi connectivity index (χ3v) is 4.67. The smallest absolute Gasteiger partial charge is 0.232 e. The Morgan fingerprint density at radius 3 is 2.27 bits per heavy atom. The Labute approximate surface area is 131 Å². The minimum Gasteiger partial charge on any atom is -0.377 e. The Bertz CT molecular complexity index is 710. The topological polar surface area (TPSA) is 71.1 Å². The number of benzene rings is 1. The molecule has 1 aromatic carbocycles. The summed E-state index contributed by atoms with van der Waals surface area (Å²) >= 11 is 0. The minimum atomic E-state index is -3.23. The average molecular weight is 319 g/mol. The second-order valence-corrected chi connectivity index (χ2v) is 7.19. The SMILES string of the molecule is CCS(=O)(=O)Nc1ccc([C@@H](C)Nc2ccc(C)nc2)cc1. The number of anilines is 2. The predicted octanol–water partition coefficient (Wildman–Crippen LogP) is 3.32. The summed E-state index contributed by atoms with van der Waals surface area (Å²) in [6.07, 6.45) is 1.80. The van der Waals surface area contributed by atoms with E-state index in [1.807, 2.05) is 38.1 Å². The molecule has 0 aliphatic rings. The van der Waals surface area contributed by atoms with Crippen LogP contribution in [-0.4, -0.2) is 19.2 Å². The van der Waals surface area contributed by atoms with Gasteiger partial charge in [0.05, 0.1) is 17.6 Å². The van der Waals surface area contributed by atoms with Gasteiger partial charge in [0.15, 0.2) is 0 Å². The first-order valence-electron chi connectivity index (χ1n) is 7.19. The lowest BCUT2D eigenvalue weighted by Crippen LogP contribution is -2.14. The molecule has 5 nitrogen and oxygen atoms in total. The molecule has 2 N–H and O–H groups in total. The van der Waals surface area contributed by atoms with Crippen molar-refractivity contribution in [1.29, 1.82) is 0 Å². The zero-order valence-electron chi connectivity index (χ0n) is 13.0. The average Bonchev–Trinajstić information content (AvgIpc) is 2.50. The fourth-order valence-electron chi connectivity index (χ4n) is 1.98. The number of pyridine rings is 1. The van der Waals surface area contributed by atoms with Crippen LogP contribution in [0.25, 0.3) is 0 Å². The zero-order valence-corrected chi connectivity index (χ0v) is 13.8. The second-order valence-electron chi connectivity index (χ2n) is 5.18. The standard InChI is InChI=1S/C16H21N3O2S/c1-4-22(20,21)19-15-9-6-14(7-10-15)13(3)18-16-8-5-12(2)17-11-16/h5-11,13,18-19H,4H2,1-3H3/t13-/m1/s1. The summed E-state index contributed by atoms with van der Waals surface area (Å²) in [4.78, 5) is 4.25. The third kappa shape index (κ3) is 4.46. The molecule has 1 atom stereocenters. The van der Waals surface area contributed by atoms with E-state index in [0.717, 1.165) is 16.9 Å². The molecule has 22 heavy (non-hydrogen) atoms. The number of nitrogens with zero attached hydrogens (tertiary/aromatic N) is 1. The fraction of sp³-hybridized carbons (Fsp3) is 0.312. The van der Waals surface area contributed by atoms with Gasteiger partial charge in [-0.05, 0) is 50.6 Å². The van der Waals surface area contributed by atoms with Crippen LogP contribution in [0.15, 0.2) is 42.6 Å². The Morgan fingerprint density at radius 2 is 1.73 bits per heavy atom. The normalized spacial score (nSPS) is 12.7. The van der Waals surface area contributed by atoms with E-state index in [9.17, 15) is 8.42 Å². The van der Waals surface area contributed by atoms with Crippen molar-refractivity contribution < 1.29 is 8.42 Å². The van der Waals surface area contributed by atoms with Crippen LogP contribution in [0.1, 0.15) is 31.1 Å². The van der Waals surface area contributed by atoms with E-state index in [1.54, 1.807) is 25.3 Å². The van der Waals surface area contributed by atoms with Gasteiger partial charge in [-0.2, -0.15) is 0 Å². The maximum absolute atomic E-state index is 11.5. The fourth-order valence-corrected chi connectivity index (χ4v) is 2.62. The molecular weight excluding hydrogens is 298 g/mol. The number of hydrogen-bond donors (Lipinski definition) is 2. The monoisotopic (exact) mass is 319 g/mol. The number of aromatic nitrogens is 1. The molecule has 0 unspecified atom stereocenters. The van der Waals surface area contributed by atoms with E-state index in [0.29, 0.717) is 5.69 Å². The van der Waals surface area contributed by atoms with Gasteiger partial charge in [-0.1, -0.05) is 12.1 Å². The zero-order chi connectivity index (χ0) is 16.2. The molecular formula is C16H21N3O2S. The maximum atomic E-state index is 11.5. The lowest BCUT2D eigenvalue weighted by molar-refractivity contribution is 0.602. The number of hydrogen-bond acceptors (Lipinski definition) is 4. The summed E-state index contributed by atoms with van der Waals surface area (Å²) in [5.41, 5.74) is 3.58. The van der Waals surface area contributed by atoms with Gasteiger partial charge in [-0.3, -0.25) is 9.71 Å². The first-order chi connectivity index (χ1) is 10.4. The van der Waals surface area contributed by atoms with Gasteiger partial charge in [0.2, 0.25) is 10.0 Å². The number of rotatable bonds is 6. The van der Waals surface area contributed by atoms with E-state index >= 15 is 0 Å². The van der Waals surface area contributed by atoms with Crippen molar-refractivity contribution in [2.24, 2.45) is 0 Å². The lowest BCUT2D eigenvalue weighted by Gasteiger charge is -2.16. The quantitative estimate of drug-likeness (QED) is 0.857. The molecule has 1 aromatic heterocycles. The van der Waals surface area contributed by atoms with Crippen LogP contribution < -0.4 is 10.0 Å². The van der Waals surface area contributed by atoms with Crippen LogP contribution >= 0.6 is 0 Å². The van der Waals surface area contributed by atoms with Crippen LogP contribution in [-0.2, 0) is 10.0 Å². The predicted molar refractivity (Wildman–Crippen MR) is 90.5 cm³/mol. The van der Waals surface area contributed by atoms with E-state index < -0.39 is 10.0 Å². The summed E-state index contributed by atoms with van der Waals surface area (Å²) in [6.45, 7) is 5.60. The Kier molecular flexibility index (Phi) is 5.03. The molecule has 0 bridgehead atoms. The van der Waals surface area contributed by atoms with Gasteiger partial charge in [0.1, 0.15) is 0 Å². The van der Waals surface area contributed by atoms with Crippen molar-refractivity contribution in [3.8, 4) is 0 Å². The summed E-state index contributed by atoms with van der Waals surface area (Å²) in [5.74, 6) is 0.0626. The third-order valence-electron chi connectivity index (χ3n) is 3.36. The second kappa shape index (κ2) is 6.79. The van der Waals surface area contributed by atoms with Gasteiger partial charge in [-0.25, -0.2) is 8.42 Å². The molecule has 0 saturated carbocycles. The first-order valence-corrected chi connectivity index (χ1v) is 8.84. The highest BCUT2D eigenvalue weighted by Gasteiger charge is 2.08. The van der Waals surface area contributed by atoms with E-state index in [4.69, 9.17) is 0 Å². The van der Waals surface area contributed by atoms with Crippen molar-refractivity contribution in [3.63, 3.8) is 0 Å². The van der Waals surface area contributed by atoms with Crippen molar-refractivity contribution in [2.75, 3.05) is 15.8 Å².